The molecule has 6 rings (SSSR count). The lowest BCUT2D eigenvalue weighted by atomic mass is 9.99. The standard InChI is InChI=1S/C24H21N6/c1-3-17(24-18(4-1)12-25-29-24)9-7-16-8-10-23-20(11-16)13-27-30(23)15-19-5-2-6-22-21(19)14-26-28-22/h1-6,8,10-11H,7,9,12-15H2/q+1. The third-order valence-corrected chi connectivity index (χ3v) is 6.11. The molecule has 3 aromatic carbocycles. The van der Waals surface area contributed by atoms with Gasteiger partial charge >= 0.3 is 0 Å². The monoisotopic (exact) mass is 393 g/mol. The van der Waals surface area contributed by atoms with Crippen molar-refractivity contribution in [2.75, 3.05) is 0 Å². The van der Waals surface area contributed by atoms with Gasteiger partial charge in [-0.05, 0) is 41.2 Å². The van der Waals surface area contributed by atoms with E-state index in [-0.39, 0.29) is 0 Å². The van der Waals surface area contributed by atoms with Gasteiger partial charge in [0.15, 0.2) is 6.54 Å². The number of rotatable bonds is 5. The molecule has 0 atom stereocenters. The Kier molecular flexibility index (Phi) is 4.08. The summed E-state index contributed by atoms with van der Waals surface area (Å²) in [5.74, 6) is 0. The fraction of sp³-hybridized carbons (Fsp3) is 0.250. The lowest BCUT2D eigenvalue weighted by Crippen LogP contribution is -2.03. The van der Waals surface area contributed by atoms with Crippen LogP contribution in [0.25, 0.3) is 0 Å². The molecule has 0 bridgehead atoms. The highest BCUT2D eigenvalue weighted by Crippen LogP contribution is 2.34. The summed E-state index contributed by atoms with van der Waals surface area (Å²) in [4.78, 5) is 0. The topological polar surface area (TPSA) is 64.8 Å². The summed E-state index contributed by atoms with van der Waals surface area (Å²) in [5.41, 5.74) is 10.9. The highest BCUT2D eigenvalue weighted by Gasteiger charge is 2.26. The van der Waals surface area contributed by atoms with Crippen LogP contribution in [0.3, 0.4) is 0 Å². The van der Waals surface area contributed by atoms with Crippen molar-refractivity contribution in [3.63, 3.8) is 0 Å². The first kappa shape index (κ1) is 17.3. The maximum Gasteiger partial charge on any atom is 0.237 e. The number of aryl methyl sites for hydroxylation is 2. The highest BCUT2D eigenvalue weighted by molar-refractivity contribution is 5.55. The van der Waals surface area contributed by atoms with Crippen LogP contribution in [0.5, 0.6) is 0 Å². The van der Waals surface area contributed by atoms with Gasteiger partial charge in [0.25, 0.3) is 0 Å². The van der Waals surface area contributed by atoms with Crippen LogP contribution < -0.4 is 0 Å². The minimum atomic E-state index is 0.674. The van der Waals surface area contributed by atoms with Gasteiger partial charge in [-0.15, -0.1) is 0 Å². The van der Waals surface area contributed by atoms with Gasteiger partial charge in [0.1, 0.15) is 6.54 Å². The lowest BCUT2D eigenvalue weighted by Gasteiger charge is -2.07. The summed E-state index contributed by atoms with van der Waals surface area (Å²) in [6.07, 6.45) is 1.97. The molecule has 3 aliphatic heterocycles. The molecule has 0 aliphatic carbocycles. The average Bonchev–Trinajstić information content (AvgIpc) is 3.52. The van der Waals surface area contributed by atoms with Gasteiger partial charge in [0.05, 0.1) is 30.0 Å². The Morgan fingerprint density at radius 1 is 0.767 bits per heavy atom. The predicted octanol–water partition coefficient (Wildman–Crippen LogP) is 6.48. The summed E-state index contributed by atoms with van der Waals surface area (Å²) in [7, 11) is 0. The SMILES string of the molecule is c1cc(CCc2ccc3c(c2)CN=[N+]3Cc2cccc3c2CN=N3)c2c(c1)CN=N2. The Morgan fingerprint density at radius 3 is 2.67 bits per heavy atom. The number of benzene rings is 3. The van der Waals surface area contributed by atoms with Crippen molar-refractivity contribution in [2.24, 2.45) is 25.6 Å². The van der Waals surface area contributed by atoms with E-state index in [1.54, 1.807) is 0 Å². The lowest BCUT2D eigenvalue weighted by molar-refractivity contribution is -0.524. The highest BCUT2D eigenvalue weighted by atomic mass is 15.3. The number of nitrogens with zero attached hydrogens (tertiary/aromatic N) is 6. The Bertz CT molecular complexity index is 1250. The minimum Gasteiger partial charge on any atom is -0.184 e. The average molecular weight is 393 g/mol. The quantitative estimate of drug-likeness (QED) is 0.446. The molecule has 30 heavy (non-hydrogen) atoms. The second-order valence-electron chi connectivity index (χ2n) is 7.96. The molecular weight excluding hydrogens is 372 g/mol. The Hall–Kier alpha value is -3.54. The second kappa shape index (κ2) is 7.06. The van der Waals surface area contributed by atoms with Gasteiger partial charge in [0.2, 0.25) is 5.69 Å². The van der Waals surface area contributed by atoms with Crippen LogP contribution in [-0.2, 0) is 39.0 Å². The van der Waals surface area contributed by atoms with Gasteiger partial charge in [-0.3, -0.25) is 0 Å². The van der Waals surface area contributed by atoms with Crippen LogP contribution in [0.15, 0.2) is 80.2 Å². The molecule has 0 spiro atoms. The van der Waals surface area contributed by atoms with Crippen molar-refractivity contribution in [2.45, 2.75) is 39.0 Å². The zero-order chi connectivity index (χ0) is 19.9. The molecule has 0 saturated heterocycles. The van der Waals surface area contributed by atoms with E-state index in [2.05, 4.69) is 73.7 Å². The van der Waals surface area contributed by atoms with E-state index in [0.717, 1.165) is 37.3 Å². The molecule has 146 valence electrons. The van der Waals surface area contributed by atoms with Gasteiger partial charge in [-0.25, -0.2) is 0 Å². The molecule has 0 saturated carbocycles. The third-order valence-electron chi connectivity index (χ3n) is 6.11. The van der Waals surface area contributed by atoms with Crippen molar-refractivity contribution < 1.29 is 4.70 Å². The molecule has 0 aromatic heterocycles. The smallest absolute Gasteiger partial charge is 0.184 e. The second-order valence-corrected chi connectivity index (χ2v) is 7.96. The van der Waals surface area contributed by atoms with Crippen LogP contribution in [0.1, 0.15) is 33.4 Å². The normalized spacial score (nSPS) is 15.3. The molecule has 0 fully saturated rings. The predicted molar refractivity (Wildman–Crippen MR) is 113 cm³/mol. The van der Waals surface area contributed by atoms with Crippen LogP contribution in [-0.4, -0.2) is 4.70 Å². The number of hydrogen-bond donors (Lipinski definition) is 0. The van der Waals surface area contributed by atoms with Gasteiger partial charge in [-0.2, -0.15) is 20.5 Å². The maximum atomic E-state index is 4.78. The van der Waals surface area contributed by atoms with Crippen LogP contribution in [0.4, 0.5) is 17.1 Å². The molecule has 0 amide bonds. The molecule has 0 N–H and O–H groups in total. The van der Waals surface area contributed by atoms with Crippen molar-refractivity contribution in [1.29, 1.82) is 0 Å². The Morgan fingerprint density at radius 2 is 1.67 bits per heavy atom. The largest absolute Gasteiger partial charge is 0.237 e. The van der Waals surface area contributed by atoms with Crippen molar-refractivity contribution in [3.05, 3.63) is 88.0 Å². The third kappa shape index (κ3) is 2.96. The van der Waals surface area contributed by atoms with E-state index >= 15 is 0 Å². The molecule has 6 nitrogen and oxygen atoms in total. The van der Waals surface area contributed by atoms with Gasteiger partial charge < -0.3 is 0 Å². The first-order chi connectivity index (χ1) is 14.8. The first-order valence-corrected chi connectivity index (χ1v) is 10.4. The van der Waals surface area contributed by atoms with Crippen LogP contribution in [0.2, 0.25) is 0 Å². The minimum absolute atomic E-state index is 0.674. The van der Waals surface area contributed by atoms with Crippen molar-refractivity contribution in [1.82, 2.24) is 0 Å². The van der Waals surface area contributed by atoms with Gasteiger partial charge in [0, 0.05) is 22.8 Å². The molecule has 0 radical (unpaired) electrons. The molecular formula is C24H21N6+. The van der Waals surface area contributed by atoms with Gasteiger partial charge in [-0.1, -0.05) is 41.1 Å². The molecule has 0 unspecified atom stereocenters. The number of azo groups is 4. The summed E-state index contributed by atoms with van der Waals surface area (Å²) >= 11 is 0. The molecule has 3 heterocycles. The van der Waals surface area contributed by atoms with Crippen molar-refractivity contribution >= 4 is 17.1 Å². The summed E-state index contributed by atoms with van der Waals surface area (Å²) in [5, 5.41) is 21.7. The van der Waals surface area contributed by atoms with Crippen LogP contribution >= 0.6 is 0 Å². The molecule has 3 aliphatic rings. The van der Waals surface area contributed by atoms with E-state index in [1.807, 2.05) is 6.07 Å². The fourth-order valence-corrected chi connectivity index (χ4v) is 4.50. The zero-order valence-corrected chi connectivity index (χ0v) is 16.6. The van der Waals surface area contributed by atoms with Crippen LogP contribution in [0, 0.1) is 0 Å². The first-order valence-electron chi connectivity index (χ1n) is 10.4. The zero-order valence-electron chi connectivity index (χ0n) is 16.6. The number of fused-ring (bicyclic) bond motifs is 3. The van der Waals surface area contributed by atoms with E-state index in [9.17, 15) is 0 Å². The van der Waals surface area contributed by atoms with E-state index < -0.39 is 0 Å². The molecule has 3 aromatic rings. The Balaban J connectivity index is 1.19. The number of hydrogen-bond acceptors (Lipinski definition) is 5. The van der Waals surface area contributed by atoms with E-state index in [0.29, 0.717) is 13.1 Å². The summed E-state index contributed by atoms with van der Waals surface area (Å²) in [6.45, 7) is 2.89. The maximum absolute atomic E-state index is 4.78. The summed E-state index contributed by atoms with van der Waals surface area (Å²) < 4.78 is 2.12. The molecule has 6 heteroatoms. The van der Waals surface area contributed by atoms with Crippen molar-refractivity contribution in [3.8, 4) is 0 Å². The van der Waals surface area contributed by atoms with E-state index in [4.69, 9.17) is 5.11 Å². The Labute approximate surface area is 174 Å². The summed E-state index contributed by atoms with van der Waals surface area (Å²) in [6, 6.07) is 19.4. The van der Waals surface area contributed by atoms with E-state index in [1.165, 1.54) is 39.1 Å². The fourth-order valence-electron chi connectivity index (χ4n) is 4.50.